The van der Waals surface area contributed by atoms with E-state index in [9.17, 15) is 0 Å². The second kappa shape index (κ2) is 5.28. The van der Waals surface area contributed by atoms with Crippen LogP contribution in [0.15, 0.2) is 30.3 Å². The minimum absolute atomic E-state index is 0.840. The van der Waals surface area contributed by atoms with Gasteiger partial charge < -0.3 is 5.73 Å². The van der Waals surface area contributed by atoms with Crippen LogP contribution in [0.5, 0.6) is 0 Å². The predicted molar refractivity (Wildman–Crippen MR) is 86.0 cm³/mol. The lowest BCUT2D eigenvalue weighted by atomic mass is 10.1. The molecule has 0 radical (unpaired) electrons. The largest absolute Gasteiger partial charge is 0.398 e. The lowest BCUT2D eigenvalue weighted by Gasteiger charge is -2.34. The molecule has 0 spiro atoms. The van der Waals surface area contributed by atoms with Crippen LogP contribution in [-0.2, 0) is 6.54 Å². The van der Waals surface area contributed by atoms with Crippen molar-refractivity contribution in [2.75, 3.05) is 31.9 Å². The number of para-hydroxylation sites is 1. The molecule has 110 valence electrons. The molecule has 1 aromatic heterocycles. The highest BCUT2D eigenvalue weighted by molar-refractivity contribution is 5.90. The van der Waals surface area contributed by atoms with E-state index < -0.39 is 0 Å². The standard InChI is InChI=1S/C17H22N4/c18-16-11-13(19-17-4-2-1-3-15(16)17)12-20-7-9-21(10-8-20)14-5-6-14/h1-4,11,14H,5-10,12H2,(H2,18,19). The van der Waals surface area contributed by atoms with Gasteiger partial charge in [0.2, 0.25) is 0 Å². The molecule has 0 amide bonds. The number of benzene rings is 1. The number of hydrogen-bond acceptors (Lipinski definition) is 4. The SMILES string of the molecule is Nc1cc(CN2CCN(C3CC3)CC2)nc2ccccc12. The minimum Gasteiger partial charge on any atom is -0.398 e. The molecule has 4 heteroatoms. The summed E-state index contributed by atoms with van der Waals surface area (Å²) in [5, 5.41) is 1.06. The Kier molecular flexibility index (Phi) is 3.28. The molecule has 1 aromatic carbocycles. The molecule has 4 nitrogen and oxygen atoms in total. The van der Waals surface area contributed by atoms with Gasteiger partial charge in [0.15, 0.2) is 0 Å². The van der Waals surface area contributed by atoms with Gasteiger partial charge in [-0.3, -0.25) is 14.8 Å². The fraction of sp³-hybridized carbons (Fsp3) is 0.471. The van der Waals surface area contributed by atoms with Gasteiger partial charge in [-0.25, -0.2) is 0 Å². The first kappa shape index (κ1) is 13.0. The Hall–Kier alpha value is -1.65. The number of fused-ring (bicyclic) bond motifs is 1. The molecule has 2 heterocycles. The Balaban J connectivity index is 1.47. The highest BCUT2D eigenvalue weighted by Gasteiger charge is 2.31. The average molecular weight is 282 g/mol. The number of aromatic nitrogens is 1. The maximum absolute atomic E-state index is 6.17. The van der Waals surface area contributed by atoms with E-state index in [0.717, 1.165) is 48.0 Å². The molecule has 1 saturated heterocycles. The topological polar surface area (TPSA) is 45.4 Å². The molecule has 21 heavy (non-hydrogen) atoms. The van der Waals surface area contributed by atoms with Gasteiger partial charge in [0.25, 0.3) is 0 Å². The molecule has 2 aliphatic rings. The number of nitrogens with zero attached hydrogens (tertiary/aromatic N) is 3. The van der Waals surface area contributed by atoms with Gasteiger partial charge in [0.05, 0.1) is 11.2 Å². The van der Waals surface area contributed by atoms with Crippen LogP contribution in [0.3, 0.4) is 0 Å². The van der Waals surface area contributed by atoms with E-state index in [4.69, 9.17) is 10.7 Å². The van der Waals surface area contributed by atoms with Gasteiger partial charge in [0, 0.05) is 49.8 Å². The predicted octanol–water partition coefficient (Wildman–Crippen LogP) is 2.10. The van der Waals surface area contributed by atoms with Crippen LogP contribution in [0.4, 0.5) is 5.69 Å². The van der Waals surface area contributed by atoms with E-state index in [1.54, 1.807) is 0 Å². The van der Waals surface area contributed by atoms with E-state index in [1.165, 1.54) is 25.9 Å². The number of nitrogens with two attached hydrogens (primary N) is 1. The smallest absolute Gasteiger partial charge is 0.0726 e. The summed E-state index contributed by atoms with van der Waals surface area (Å²) in [7, 11) is 0. The number of piperazine rings is 1. The summed E-state index contributed by atoms with van der Waals surface area (Å²) >= 11 is 0. The quantitative estimate of drug-likeness (QED) is 0.936. The van der Waals surface area contributed by atoms with E-state index in [1.807, 2.05) is 30.3 Å². The Morgan fingerprint density at radius 2 is 1.86 bits per heavy atom. The summed E-state index contributed by atoms with van der Waals surface area (Å²) in [5.74, 6) is 0. The first-order valence-electron chi connectivity index (χ1n) is 7.90. The lowest BCUT2D eigenvalue weighted by molar-refractivity contribution is 0.120. The molecule has 1 aliphatic heterocycles. The zero-order valence-electron chi connectivity index (χ0n) is 12.3. The van der Waals surface area contributed by atoms with E-state index in [0.29, 0.717) is 0 Å². The molecule has 4 rings (SSSR count). The van der Waals surface area contributed by atoms with Gasteiger partial charge in [0.1, 0.15) is 0 Å². The van der Waals surface area contributed by atoms with E-state index in [-0.39, 0.29) is 0 Å². The number of pyridine rings is 1. The van der Waals surface area contributed by atoms with Crippen LogP contribution in [-0.4, -0.2) is 47.0 Å². The molecule has 1 saturated carbocycles. The van der Waals surface area contributed by atoms with Crippen LogP contribution in [0.25, 0.3) is 10.9 Å². The Morgan fingerprint density at radius 1 is 1.10 bits per heavy atom. The van der Waals surface area contributed by atoms with Gasteiger partial charge in [-0.1, -0.05) is 18.2 Å². The van der Waals surface area contributed by atoms with Crippen molar-refractivity contribution in [1.29, 1.82) is 0 Å². The first-order valence-corrected chi connectivity index (χ1v) is 7.90. The molecule has 2 aromatic rings. The van der Waals surface area contributed by atoms with Crippen molar-refractivity contribution in [3.63, 3.8) is 0 Å². The van der Waals surface area contributed by atoms with Gasteiger partial charge in [-0.15, -0.1) is 0 Å². The third-order valence-corrected chi connectivity index (χ3v) is 4.66. The Morgan fingerprint density at radius 3 is 2.62 bits per heavy atom. The van der Waals surface area contributed by atoms with Crippen LogP contribution in [0, 0.1) is 0 Å². The fourth-order valence-electron chi connectivity index (χ4n) is 3.30. The highest BCUT2D eigenvalue weighted by atomic mass is 15.3. The Labute approximate surface area is 125 Å². The van der Waals surface area contributed by atoms with E-state index in [2.05, 4.69) is 9.80 Å². The van der Waals surface area contributed by atoms with E-state index >= 15 is 0 Å². The fourth-order valence-corrected chi connectivity index (χ4v) is 3.30. The molecule has 0 atom stereocenters. The van der Waals surface area contributed by atoms with Crippen molar-refractivity contribution in [2.24, 2.45) is 0 Å². The van der Waals surface area contributed by atoms with Crippen molar-refractivity contribution in [3.05, 3.63) is 36.0 Å². The van der Waals surface area contributed by atoms with Crippen LogP contribution in [0.2, 0.25) is 0 Å². The minimum atomic E-state index is 0.840. The molecule has 0 bridgehead atoms. The highest BCUT2D eigenvalue weighted by Crippen LogP contribution is 2.28. The van der Waals surface area contributed by atoms with Crippen molar-refractivity contribution in [3.8, 4) is 0 Å². The normalized spacial score (nSPS) is 21.0. The number of nitrogen functional groups attached to an aromatic ring is 1. The summed E-state index contributed by atoms with van der Waals surface area (Å²) in [6, 6.07) is 11.0. The second-order valence-corrected chi connectivity index (χ2v) is 6.26. The van der Waals surface area contributed by atoms with Gasteiger partial charge >= 0.3 is 0 Å². The molecular formula is C17H22N4. The van der Waals surface area contributed by atoms with Crippen LogP contribution >= 0.6 is 0 Å². The third kappa shape index (κ3) is 2.74. The summed E-state index contributed by atoms with van der Waals surface area (Å²) in [6.07, 6.45) is 2.81. The monoisotopic (exact) mass is 282 g/mol. The second-order valence-electron chi connectivity index (χ2n) is 6.26. The number of rotatable bonds is 3. The molecule has 0 unspecified atom stereocenters. The summed E-state index contributed by atoms with van der Waals surface area (Å²) < 4.78 is 0. The Bertz CT molecular complexity index is 642. The molecule has 2 fully saturated rings. The average Bonchev–Trinajstić information content (AvgIpc) is 3.33. The van der Waals surface area contributed by atoms with Crippen molar-refractivity contribution < 1.29 is 0 Å². The van der Waals surface area contributed by atoms with Crippen LogP contribution in [0.1, 0.15) is 18.5 Å². The molecule has 1 aliphatic carbocycles. The van der Waals surface area contributed by atoms with Crippen molar-refractivity contribution in [2.45, 2.75) is 25.4 Å². The summed E-state index contributed by atoms with van der Waals surface area (Å²) in [4.78, 5) is 9.89. The lowest BCUT2D eigenvalue weighted by Crippen LogP contribution is -2.46. The molecular weight excluding hydrogens is 260 g/mol. The molecule has 2 N–H and O–H groups in total. The summed E-state index contributed by atoms with van der Waals surface area (Å²) in [6.45, 7) is 5.60. The van der Waals surface area contributed by atoms with Gasteiger partial charge in [-0.05, 0) is 25.0 Å². The number of anilines is 1. The van der Waals surface area contributed by atoms with Crippen LogP contribution < -0.4 is 5.73 Å². The maximum Gasteiger partial charge on any atom is 0.0726 e. The number of hydrogen-bond donors (Lipinski definition) is 1. The van der Waals surface area contributed by atoms with Crippen molar-refractivity contribution in [1.82, 2.24) is 14.8 Å². The van der Waals surface area contributed by atoms with Crippen molar-refractivity contribution >= 4 is 16.6 Å². The zero-order valence-corrected chi connectivity index (χ0v) is 12.3. The zero-order chi connectivity index (χ0) is 14.2. The van der Waals surface area contributed by atoms with Gasteiger partial charge in [-0.2, -0.15) is 0 Å². The summed E-state index contributed by atoms with van der Waals surface area (Å²) in [5.41, 5.74) is 9.10. The third-order valence-electron chi connectivity index (χ3n) is 4.66. The maximum atomic E-state index is 6.17. The first-order chi connectivity index (χ1) is 10.3.